The Morgan fingerprint density at radius 2 is 1.53 bits per heavy atom. The first kappa shape index (κ1) is 20.6. The minimum atomic E-state index is -2.90. The molecule has 2 aliphatic rings. The molecule has 2 fully saturated rings. The monoisotopic (exact) mass is 427 g/mol. The molecule has 2 aliphatic heterocycles. The zero-order valence-corrected chi connectivity index (χ0v) is 17.5. The maximum Gasteiger partial charge on any atom is 0.255 e. The second-order valence-corrected chi connectivity index (χ2v) is 10.0. The van der Waals surface area contributed by atoms with Crippen molar-refractivity contribution in [3.63, 3.8) is 0 Å². The molecule has 0 bridgehead atoms. The van der Waals surface area contributed by atoms with E-state index in [-0.39, 0.29) is 29.4 Å². The molecule has 7 nitrogen and oxygen atoms in total. The maximum atomic E-state index is 12.8. The number of carbonyl (C=O) groups is 2. The minimum Gasteiger partial charge on any atom is -0.336 e. The van der Waals surface area contributed by atoms with Crippen molar-refractivity contribution in [2.24, 2.45) is 0 Å². The van der Waals surface area contributed by atoms with Gasteiger partial charge in [-0.15, -0.1) is 0 Å². The number of anilines is 1. The second-order valence-electron chi connectivity index (χ2n) is 7.78. The Morgan fingerprint density at radius 1 is 0.867 bits per heavy atom. The van der Waals surface area contributed by atoms with Gasteiger partial charge in [-0.05, 0) is 42.8 Å². The van der Waals surface area contributed by atoms with Crippen LogP contribution in [0.25, 0.3) is 0 Å². The summed E-state index contributed by atoms with van der Waals surface area (Å²) in [5.74, 6) is 0.260. The number of sulfone groups is 1. The number of amides is 2. The largest absolute Gasteiger partial charge is 0.336 e. The molecule has 1 atom stereocenters. The maximum absolute atomic E-state index is 12.8. The molecule has 0 aromatic heterocycles. The lowest BCUT2D eigenvalue weighted by Crippen LogP contribution is -2.52. The molecule has 2 saturated heterocycles. The summed E-state index contributed by atoms with van der Waals surface area (Å²) in [5, 5.41) is 2.83. The smallest absolute Gasteiger partial charge is 0.255 e. The summed E-state index contributed by atoms with van der Waals surface area (Å²) >= 11 is 0. The number of nitrogens with one attached hydrogen (secondary N) is 1. The van der Waals surface area contributed by atoms with E-state index in [1.165, 1.54) is 0 Å². The topological polar surface area (TPSA) is 86.8 Å². The van der Waals surface area contributed by atoms with E-state index in [9.17, 15) is 18.0 Å². The van der Waals surface area contributed by atoms with Gasteiger partial charge in [0.05, 0.1) is 11.5 Å². The minimum absolute atomic E-state index is 0.0466. The predicted octanol–water partition coefficient (Wildman–Crippen LogP) is 1.88. The zero-order valence-electron chi connectivity index (χ0n) is 16.7. The van der Waals surface area contributed by atoms with Crippen molar-refractivity contribution in [3.8, 4) is 0 Å². The van der Waals surface area contributed by atoms with Gasteiger partial charge >= 0.3 is 0 Å². The van der Waals surface area contributed by atoms with Crippen LogP contribution >= 0.6 is 0 Å². The van der Waals surface area contributed by atoms with Crippen LogP contribution < -0.4 is 5.32 Å². The fourth-order valence-electron chi connectivity index (χ4n) is 4.03. The van der Waals surface area contributed by atoms with Gasteiger partial charge in [0.15, 0.2) is 9.84 Å². The Labute approximate surface area is 176 Å². The fourth-order valence-corrected chi connectivity index (χ4v) is 5.79. The molecule has 4 rings (SSSR count). The van der Waals surface area contributed by atoms with Gasteiger partial charge in [-0.1, -0.05) is 18.2 Å². The molecule has 158 valence electrons. The lowest BCUT2D eigenvalue weighted by atomic mass is 10.1. The molecule has 8 heteroatoms. The van der Waals surface area contributed by atoms with E-state index in [2.05, 4.69) is 10.2 Å². The summed E-state index contributed by atoms with van der Waals surface area (Å²) in [7, 11) is -2.90. The van der Waals surface area contributed by atoms with Crippen LogP contribution in [0.1, 0.15) is 27.1 Å². The lowest BCUT2D eigenvalue weighted by Gasteiger charge is -2.37. The van der Waals surface area contributed by atoms with E-state index < -0.39 is 9.84 Å². The number of nitrogens with zero attached hydrogens (tertiary/aromatic N) is 2. The van der Waals surface area contributed by atoms with Gasteiger partial charge < -0.3 is 10.2 Å². The lowest BCUT2D eigenvalue weighted by molar-refractivity contribution is 0.0588. The van der Waals surface area contributed by atoms with Gasteiger partial charge in [-0.3, -0.25) is 14.5 Å². The highest BCUT2D eigenvalue weighted by atomic mass is 32.2. The van der Waals surface area contributed by atoms with Gasteiger partial charge in [0.25, 0.3) is 11.8 Å². The van der Waals surface area contributed by atoms with Crippen molar-refractivity contribution in [1.82, 2.24) is 9.80 Å². The third kappa shape index (κ3) is 4.71. The molecular formula is C22H25N3O4S. The Morgan fingerprint density at radius 3 is 2.13 bits per heavy atom. The number of hydrogen-bond donors (Lipinski definition) is 1. The van der Waals surface area contributed by atoms with Crippen molar-refractivity contribution >= 4 is 27.3 Å². The molecule has 0 spiro atoms. The quantitative estimate of drug-likeness (QED) is 0.805. The van der Waals surface area contributed by atoms with Crippen molar-refractivity contribution < 1.29 is 18.0 Å². The third-order valence-electron chi connectivity index (χ3n) is 5.75. The van der Waals surface area contributed by atoms with Crippen LogP contribution in [0, 0.1) is 0 Å². The molecule has 2 heterocycles. The summed E-state index contributed by atoms with van der Waals surface area (Å²) in [6.45, 7) is 2.55. The highest BCUT2D eigenvalue weighted by Crippen LogP contribution is 2.20. The SMILES string of the molecule is O=C(Nc1ccc(C(=O)N2CCN(C3CCS(=O)(=O)C3)CC2)cc1)c1ccccc1. The number of hydrogen-bond acceptors (Lipinski definition) is 5. The zero-order chi connectivity index (χ0) is 21.1. The molecule has 0 aliphatic carbocycles. The van der Waals surface area contributed by atoms with Crippen LogP contribution in [-0.2, 0) is 9.84 Å². The summed E-state index contributed by atoms with van der Waals surface area (Å²) in [5.41, 5.74) is 1.78. The number of benzene rings is 2. The highest BCUT2D eigenvalue weighted by molar-refractivity contribution is 7.91. The Bertz CT molecular complexity index is 1010. The van der Waals surface area contributed by atoms with E-state index in [0.717, 1.165) is 0 Å². The summed E-state index contributed by atoms with van der Waals surface area (Å²) in [6, 6.07) is 15.9. The fraction of sp³-hybridized carbons (Fsp3) is 0.364. The Kier molecular flexibility index (Phi) is 5.87. The van der Waals surface area contributed by atoms with Crippen LogP contribution in [0.5, 0.6) is 0 Å². The average Bonchev–Trinajstić information content (AvgIpc) is 3.14. The summed E-state index contributed by atoms with van der Waals surface area (Å²) in [6.07, 6.45) is 0.687. The molecule has 2 amide bonds. The normalized spacial score (nSPS) is 21.3. The van der Waals surface area contributed by atoms with Gasteiger partial charge in [0, 0.05) is 49.0 Å². The summed E-state index contributed by atoms with van der Waals surface area (Å²) < 4.78 is 23.4. The molecule has 0 radical (unpaired) electrons. The third-order valence-corrected chi connectivity index (χ3v) is 7.50. The molecule has 0 saturated carbocycles. The van der Waals surface area contributed by atoms with Crippen molar-refractivity contribution in [1.29, 1.82) is 0 Å². The Hall–Kier alpha value is -2.71. The van der Waals surface area contributed by atoms with E-state index in [4.69, 9.17) is 0 Å². The molecule has 1 N–H and O–H groups in total. The first-order valence-electron chi connectivity index (χ1n) is 10.1. The van der Waals surface area contributed by atoms with E-state index in [1.807, 2.05) is 18.2 Å². The van der Waals surface area contributed by atoms with Gasteiger partial charge in [-0.25, -0.2) is 8.42 Å². The van der Waals surface area contributed by atoms with Crippen LogP contribution in [0.3, 0.4) is 0 Å². The van der Waals surface area contributed by atoms with E-state index >= 15 is 0 Å². The van der Waals surface area contributed by atoms with Gasteiger partial charge in [-0.2, -0.15) is 0 Å². The Balaban J connectivity index is 1.31. The first-order chi connectivity index (χ1) is 14.4. The first-order valence-corrected chi connectivity index (χ1v) is 11.9. The van der Waals surface area contributed by atoms with Crippen LogP contribution in [-0.4, -0.2) is 73.8 Å². The molecular weight excluding hydrogens is 402 g/mol. The molecule has 1 unspecified atom stereocenters. The standard InChI is InChI=1S/C22H25N3O4S/c26-21(17-4-2-1-3-5-17)23-19-8-6-18(7-9-19)22(27)25-13-11-24(12-14-25)20-10-15-30(28,29)16-20/h1-9,20H,10-16H2,(H,23,26). The van der Waals surface area contributed by atoms with Crippen molar-refractivity contribution in [3.05, 3.63) is 65.7 Å². The van der Waals surface area contributed by atoms with E-state index in [1.54, 1.807) is 41.3 Å². The van der Waals surface area contributed by atoms with Crippen LogP contribution in [0.15, 0.2) is 54.6 Å². The predicted molar refractivity (Wildman–Crippen MR) is 115 cm³/mol. The van der Waals surface area contributed by atoms with Crippen LogP contribution in [0.2, 0.25) is 0 Å². The number of rotatable bonds is 4. The second kappa shape index (κ2) is 8.57. The van der Waals surface area contributed by atoms with E-state index in [0.29, 0.717) is 49.4 Å². The average molecular weight is 428 g/mol. The molecule has 2 aromatic carbocycles. The summed E-state index contributed by atoms with van der Waals surface area (Å²) in [4.78, 5) is 29.0. The highest BCUT2D eigenvalue weighted by Gasteiger charge is 2.34. The number of piperazine rings is 1. The van der Waals surface area contributed by atoms with Crippen molar-refractivity contribution in [2.75, 3.05) is 43.0 Å². The number of carbonyl (C=O) groups excluding carboxylic acids is 2. The molecule has 2 aromatic rings. The molecule has 30 heavy (non-hydrogen) atoms. The van der Waals surface area contributed by atoms with Crippen LogP contribution in [0.4, 0.5) is 5.69 Å². The van der Waals surface area contributed by atoms with Gasteiger partial charge in [0.2, 0.25) is 0 Å². The van der Waals surface area contributed by atoms with Crippen molar-refractivity contribution in [2.45, 2.75) is 12.5 Å². The van der Waals surface area contributed by atoms with Gasteiger partial charge in [0.1, 0.15) is 0 Å².